The van der Waals surface area contributed by atoms with E-state index in [-0.39, 0.29) is 30.4 Å². The largest absolute Gasteiger partial charge is 0.380 e. The average molecular weight is 498 g/mol. The number of ether oxygens (including phenoxy) is 1. The molecule has 0 fully saturated rings. The zero-order valence-corrected chi connectivity index (χ0v) is 20.6. The van der Waals surface area contributed by atoms with E-state index in [1.807, 2.05) is 6.92 Å². The van der Waals surface area contributed by atoms with Gasteiger partial charge in [-0.1, -0.05) is 6.92 Å². The van der Waals surface area contributed by atoms with E-state index in [9.17, 15) is 19.4 Å². The molecular formula is C26H28FN3O4S. The summed E-state index contributed by atoms with van der Waals surface area (Å²) < 4.78 is 21.9. The predicted octanol–water partition coefficient (Wildman–Crippen LogP) is 2.83. The number of aliphatic hydroxyl groups excluding tert-OH is 1. The summed E-state index contributed by atoms with van der Waals surface area (Å²) in [5, 5.41) is 26.2. The number of rotatable bonds is 4. The highest BCUT2D eigenvalue weighted by Crippen LogP contribution is 2.46. The first-order valence-corrected chi connectivity index (χ1v) is 12.7. The molecule has 3 aliphatic rings. The Hall–Kier alpha value is -2.30. The van der Waals surface area contributed by atoms with Crippen LogP contribution in [0.3, 0.4) is 0 Å². The van der Waals surface area contributed by atoms with Gasteiger partial charge in [-0.15, -0.1) is 0 Å². The third kappa shape index (κ3) is 3.12. The van der Waals surface area contributed by atoms with Gasteiger partial charge in [-0.25, -0.2) is 9.37 Å². The zero-order valence-electron chi connectivity index (χ0n) is 19.7. The Morgan fingerprint density at radius 3 is 2.89 bits per heavy atom. The number of fused-ring (bicyclic) bond motifs is 5. The van der Waals surface area contributed by atoms with E-state index in [1.54, 1.807) is 17.6 Å². The van der Waals surface area contributed by atoms with Crippen molar-refractivity contribution in [1.82, 2.24) is 14.9 Å². The molecule has 35 heavy (non-hydrogen) atoms. The number of halogens is 1. The quantitative estimate of drug-likeness (QED) is 0.324. The van der Waals surface area contributed by atoms with Gasteiger partial charge in [-0.3, -0.25) is 4.79 Å². The van der Waals surface area contributed by atoms with Crippen molar-refractivity contribution in [3.05, 3.63) is 61.7 Å². The molecule has 1 aliphatic carbocycles. The number of hydrogen-bond donors (Lipinski definition) is 4. The summed E-state index contributed by atoms with van der Waals surface area (Å²) in [4.78, 5) is 18.5. The number of aromatic nitrogens is 2. The molecular weight excluding hydrogens is 469 g/mol. The molecule has 0 saturated carbocycles. The van der Waals surface area contributed by atoms with Crippen molar-refractivity contribution in [3.63, 3.8) is 0 Å². The first kappa shape index (κ1) is 23.1. The summed E-state index contributed by atoms with van der Waals surface area (Å²) in [6.07, 6.45) is 0.311. The standard InChI is InChI=1S/C26H28FN3O4S/c1-3-26(33)16-8-20-23-14(10-30(20)24(31)15(16)11-34-25(26)32)22-18(28-6-7-35)5-4-13-12(2)17(27)9-19(29-23)21(13)22/h8-9,18,25,28,32-33,35H,3-7,10-11H2,1-2H3/t18-,25?,26-/m0/s1. The molecule has 4 heterocycles. The molecule has 9 heteroatoms. The molecule has 1 unspecified atom stereocenters. The lowest BCUT2D eigenvalue weighted by molar-refractivity contribution is -0.236. The molecule has 3 atom stereocenters. The molecule has 6 rings (SSSR count). The third-order valence-corrected chi connectivity index (χ3v) is 8.26. The molecule has 7 nitrogen and oxygen atoms in total. The first-order chi connectivity index (χ1) is 16.8. The number of pyridine rings is 2. The monoisotopic (exact) mass is 497 g/mol. The number of hydrogen-bond acceptors (Lipinski definition) is 7. The molecule has 3 N–H and O–H groups in total. The second kappa shape index (κ2) is 8.11. The number of aliphatic hydroxyl groups is 2. The Labute approximate surface area is 207 Å². The van der Waals surface area contributed by atoms with Crippen molar-refractivity contribution in [3.8, 4) is 11.4 Å². The van der Waals surface area contributed by atoms with Gasteiger partial charge in [-0.05, 0) is 48.9 Å². The van der Waals surface area contributed by atoms with Crippen molar-refractivity contribution in [2.45, 2.75) is 64.2 Å². The van der Waals surface area contributed by atoms with Crippen LogP contribution < -0.4 is 10.9 Å². The van der Waals surface area contributed by atoms with Gasteiger partial charge in [0.1, 0.15) is 11.4 Å². The number of benzene rings is 1. The van der Waals surface area contributed by atoms with Crippen LogP contribution in [-0.2, 0) is 29.9 Å². The molecule has 0 bridgehead atoms. The highest BCUT2D eigenvalue weighted by atomic mass is 32.1. The number of aryl methyl sites for hydroxylation is 1. The van der Waals surface area contributed by atoms with Crippen LogP contribution in [0.2, 0.25) is 0 Å². The van der Waals surface area contributed by atoms with Crippen molar-refractivity contribution in [2.24, 2.45) is 0 Å². The third-order valence-electron chi connectivity index (χ3n) is 8.04. The van der Waals surface area contributed by atoms with Gasteiger partial charge in [0.15, 0.2) is 6.29 Å². The maximum Gasteiger partial charge on any atom is 0.257 e. The maximum atomic E-state index is 14.9. The lowest BCUT2D eigenvalue weighted by Crippen LogP contribution is -2.47. The minimum atomic E-state index is -1.69. The van der Waals surface area contributed by atoms with Gasteiger partial charge in [0, 0.05) is 46.5 Å². The second-order valence-corrected chi connectivity index (χ2v) is 10.2. The Kier molecular flexibility index (Phi) is 5.36. The van der Waals surface area contributed by atoms with Crippen LogP contribution in [0.5, 0.6) is 0 Å². The number of nitrogens with zero attached hydrogens (tertiary/aromatic N) is 2. The Morgan fingerprint density at radius 1 is 1.34 bits per heavy atom. The minimum Gasteiger partial charge on any atom is -0.380 e. The van der Waals surface area contributed by atoms with Gasteiger partial charge in [0.05, 0.1) is 30.1 Å². The van der Waals surface area contributed by atoms with E-state index in [4.69, 9.17) is 9.72 Å². The fourth-order valence-corrected chi connectivity index (χ4v) is 6.24. The molecule has 184 valence electrons. The van der Waals surface area contributed by atoms with Gasteiger partial charge >= 0.3 is 0 Å². The fourth-order valence-electron chi connectivity index (χ4n) is 6.11. The molecule has 3 aromatic rings. The van der Waals surface area contributed by atoms with Crippen LogP contribution in [0.25, 0.3) is 22.3 Å². The predicted molar refractivity (Wildman–Crippen MR) is 133 cm³/mol. The van der Waals surface area contributed by atoms with Crippen LogP contribution in [0.1, 0.15) is 59.2 Å². The van der Waals surface area contributed by atoms with Gasteiger partial charge < -0.3 is 24.8 Å². The van der Waals surface area contributed by atoms with Gasteiger partial charge in [0.25, 0.3) is 5.56 Å². The van der Waals surface area contributed by atoms with E-state index in [1.165, 1.54) is 6.07 Å². The van der Waals surface area contributed by atoms with Crippen molar-refractivity contribution < 1.29 is 19.3 Å². The molecule has 1 aromatic carbocycles. The minimum absolute atomic E-state index is 0.0381. The van der Waals surface area contributed by atoms with Crippen LogP contribution >= 0.6 is 12.6 Å². The summed E-state index contributed by atoms with van der Waals surface area (Å²) >= 11 is 4.36. The smallest absolute Gasteiger partial charge is 0.257 e. The van der Waals surface area contributed by atoms with Crippen LogP contribution in [0.4, 0.5) is 4.39 Å². The zero-order chi connectivity index (χ0) is 24.6. The summed E-state index contributed by atoms with van der Waals surface area (Å²) in [5.41, 5.74) is 4.19. The topological polar surface area (TPSA) is 96.6 Å². The van der Waals surface area contributed by atoms with Crippen molar-refractivity contribution in [1.29, 1.82) is 0 Å². The highest BCUT2D eigenvalue weighted by Gasteiger charge is 2.45. The highest BCUT2D eigenvalue weighted by molar-refractivity contribution is 7.80. The number of nitrogens with one attached hydrogen (secondary N) is 1. The van der Waals surface area contributed by atoms with Crippen LogP contribution in [-0.4, -0.2) is 38.4 Å². The second-order valence-electron chi connectivity index (χ2n) is 9.73. The summed E-state index contributed by atoms with van der Waals surface area (Å²) in [5.74, 6) is 0.404. The van der Waals surface area contributed by atoms with E-state index in [2.05, 4.69) is 17.9 Å². The fraction of sp³-hybridized carbons (Fsp3) is 0.462. The van der Waals surface area contributed by atoms with Gasteiger partial charge in [-0.2, -0.15) is 12.6 Å². The van der Waals surface area contributed by atoms with E-state index < -0.39 is 11.9 Å². The molecule has 0 radical (unpaired) electrons. The number of thiol groups is 1. The molecule has 2 aromatic heterocycles. The van der Waals surface area contributed by atoms with E-state index in [0.29, 0.717) is 45.9 Å². The maximum absolute atomic E-state index is 14.9. The molecule has 0 amide bonds. The summed E-state index contributed by atoms with van der Waals surface area (Å²) in [6, 6.07) is 3.28. The summed E-state index contributed by atoms with van der Waals surface area (Å²) in [7, 11) is 0. The molecule has 0 saturated heterocycles. The first-order valence-electron chi connectivity index (χ1n) is 12.1. The Morgan fingerprint density at radius 2 is 2.14 bits per heavy atom. The Balaban J connectivity index is 1.65. The summed E-state index contributed by atoms with van der Waals surface area (Å²) in [6.45, 7) is 4.55. The Bertz CT molecular complexity index is 1460. The van der Waals surface area contributed by atoms with Gasteiger partial charge in [0.2, 0.25) is 0 Å². The lowest BCUT2D eigenvalue weighted by atomic mass is 9.81. The lowest BCUT2D eigenvalue weighted by Gasteiger charge is -2.37. The average Bonchev–Trinajstić information content (AvgIpc) is 3.22. The molecule has 2 aliphatic heterocycles. The van der Waals surface area contributed by atoms with Crippen LogP contribution in [0, 0.1) is 12.7 Å². The van der Waals surface area contributed by atoms with E-state index >= 15 is 0 Å². The molecule has 0 spiro atoms. The normalized spacial score (nSPS) is 24.4. The SMILES string of the molecule is CC[C@]1(O)c2cc3n(c(=O)c2COC1O)Cc1c-3nc2cc(F)c(C)c3c2c1[C@@H](NCCS)CC3. The van der Waals surface area contributed by atoms with Crippen LogP contribution in [0.15, 0.2) is 16.9 Å². The van der Waals surface area contributed by atoms with Crippen molar-refractivity contribution in [2.75, 3.05) is 12.3 Å². The van der Waals surface area contributed by atoms with E-state index in [0.717, 1.165) is 41.5 Å². The van der Waals surface area contributed by atoms with Crippen molar-refractivity contribution >= 4 is 23.5 Å².